The number of thioether (sulfide) groups is 1. The predicted octanol–water partition coefficient (Wildman–Crippen LogP) is 3.75. The summed E-state index contributed by atoms with van der Waals surface area (Å²) in [5.74, 6) is 0. The van der Waals surface area contributed by atoms with Gasteiger partial charge in [0.1, 0.15) is 5.01 Å². The van der Waals surface area contributed by atoms with Crippen LogP contribution in [0.2, 0.25) is 0 Å². The quantitative estimate of drug-likeness (QED) is 0.677. The van der Waals surface area contributed by atoms with E-state index in [-0.39, 0.29) is 5.69 Å². The van der Waals surface area contributed by atoms with Gasteiger partial charge >= 0.3 is 5.69 Å². The van der Waals surface area contributed by atoms with E-state index in [0.717, 1.165) is 27.7 Å². The SMILES string of the molecule is CSc1ccc(-c2csc(Cn3c(C)cc(C)nc3=O)n2)cc1. The zero-order valence-electron chi connectivity index (χ0n) is 13.2. The molecule has 23 heavy (non-hydrogen) atoms. The summed E-state index contributed by atoms with van der Waals surface area (Å²) in [6.07, 6.45) is 2.06. The second-order valence-corrected chi connectivity index (χ2v) is 7.08. The molecule has 0 fully saturated rings. The van der Waals surface area contributed by atoms with Crippen molar-refractivity contribution >= 4 is 23.1 Å². The molecule has 2 heterocycles. The largest absolute Gasteiger partial charge is 0.348 e. The van der Waals surface area contributed by atoms with Crippen LogP contribution in [0.15, 0.2) is 45.4 Å². The van der Waals surface area contributed by atoms with Crippen LogP contribution in [0.1, 0.15) is 16.4 Å². The van der Waals surface area contributed by atoms with Gasteiger partial charge in [0.2, 0.25) is 0 Å². The van der Waals surface area contributed by atoms with Gasteiger partial charge in [-0.2, -0.15) is 4.98 Å². The van der Waals surface area contributed by atoms with E-state index in [0.29, 0.717) is 6.54 Å². The molecule has 0 radical (unpaired) electrons. The summed E-state index contributed by atoms with van der Waals surface area (Å²) >= 11 is 3.29. The van der Waals surface area contributed by atoms with Gasteiger partial charge in [-0.1, -0.05) is 12.1 Å². The highest BCUT2D eigenvalue weighted by Crippen LogP contribution is 2.25. The summed E-state index contributed by atoms with van der Waals surface area (Å²) in [5.41, 5.74) is 3.48. The zero-order chi connectivity index (χ0) is 16.4. The highest BCUT2D eigenvalue weighted by atomic mass is 32.2. The highest BCUT2D eigenvalue weighted by Gasteiger charge is 2.09. The Balaban J connectivity index is 1.86. The third kappa shape index (κ3) is 3.54. The predicted molar refractivity (Wildman–Crippen MR) is 96.4 cm³/mol. The minimum Gasteiger partial charge on any atom is -0.290 e. The number of rotatable bonds is 4. The van der Waals surface area contributed by atoms with E-state index < -0.39 is 0 Å². The van der Waals surface area contributed by atoms with Crippen LogP contribution in [0.4, 0.5) is 0 Å². The summed E-state index contributed by atoms with van der Waals surface area (Å²) in [7, 11) is 0. The molecule has 1 aromatic carbocycles. The van der Waals surface area contributed by atoms with Gasteiger partial charge < -0.3 is 0 Å². The third-order valence-electron chi connectivity index (χ3n) is 3.58. The molecule has 3 aromatic rings. The maximum absolute atomic E-state index is 12.0. The van der Waals surface area contributed by atoms with Crippen molar-refractivity contribution in [2.75, 3.05) is 6.26 Å². The Morgan fingerprint density at radius 2 is 1.91 bits per heavy atom. The molecule has 0 aliphatic heterocycles. The van der Waals surface area contributed by atoms with Crippen molar-refractivity contribution in [1.29, 1.82) is 0 Å². The Morgan fingerprint density at radius 1 is 1.17 bits per heavy atom. The molecule has 4 nitrogen and oxygen atoms in total. The number of benzene rings is 1. The maximum atomic E-state index is 12.0. The van der Waals surface area contributed by atoms with Gasteiger partial charge in [0.15, 0.2) is 0 Å². The first kappa shape index (κ1) is 16.0. The number of thiazole rings is 1. The smallest absolute Gasteiger partial charge is 0.290 e. The molecule has 0 saturated heterocycles. The summed E-state index contributed by atoms with van der Waals surface area (Å²) in [6, 6.07) is 10.3. The second kappa shape index (κ2) is 6.68. The first-order valence-electron chi connectivity index (χ1n) is 7.21. The van der Waals surface area contributed by atoms with E-state index in [1.165, 1.54) is 4.90 Å². The van der Waals surface area contributed by atoms with E-state index in [1.807, 2.05) is 25.3 Å². The number of aryl methyl sites for hydroxylation is 2. The molecule has 0 unspecified atom stereocenters. The summed E-state index contributed by atoms with van der Waals surface area (Å²) < 4.78 is 1.66. The molecular formula is C17H17N3OS2. The van der Waals surface area contributed by atoms with Gasteiger partial charge in [-0.15, -0.1) is 23.1 Å². The van der Waals surface area contributed by atoms with Crippen molar-refractivity contribution in [3.8, 4) is 11.3 Å². The maximum Gasteiger partial charge on any atom is 0.348 e. The van der Waals surface area contributed by atoms with E-state index in [4.69, 9.17) is 0 Å². The first-order valence-corrected chi connectivity index (χ1v) is 9.31. The summed E-state index contributed by atoms with van der Waals surface area (Å²) in [4.78, 5) is 21.9. The van der Waals surface area contributed by atoms with Crippen molar-refractivity contribution in [2.24, 2.45) is 0 Å². The van der Waals surface area contributed by atoms with E-state index >= 15 is 0 Å². The van der Waals surface area contributed by atoms with E-state index in [9.17, 15) is 4.79 Å². The van der Waals surface area contributed by atoms with Crippen LogP contribution in [-0.4, -0.2) is 20.8 Å². The lowest BCUT2D eigenvalue weighted by atomic mass is 10.2. The molecule has 118 valence electrons. The van der Waals surface area contributed by atoms with Crippen LogP contribution >= 0.6 is 23.1 Å². The highest BCUT2D eigenvalue weighted by molar-refractivity contribution is 7.98. The third-order valence-corrected chi connectivity index (χ3v) is 5.15. The second-order valence-electron chi connectivity index (χ2n) is 5.26. The fraction of sp³-hybridized carbons (Fsp3) is 0.235. The van der Waals surface area contributed by atoms with Crippen LogP contribution in [0, 0.1) is 13.8 Å². The first-order chi connectivity index (χ1) is 11.1. The molecule has 3 rings (SSSR count). The molecule has 0 N–H and O–H groups in total. The van der Waals surface area contributed by atoms with Crippen LogP contribution in [0.5, 0.6) is 0 Å². The topological polar surface area (TPSA) is 47.8 Å². The number of nitrogens with zero attached hydrogens (tertiary/aromatic N) is 3. The van der Waals surface area contributed by atoms with Gasteiger partial charge in [0.05, 0.1) is 12.2 Å². The fourth-order valence-corrected chi connectivity index (χ4v) is 3.58. The van der Waals surface area contributed by atoms with Gasteiger partial charge in [0.25, 0.3) is 0 Å². The van der Waals surface area contributed by atoms with Gasteiger partial charge in [-0.25, -0.2) is 9.78 Å². The van der Waals surface area contributed by atoms with Crippen LogP contribution in [0.25, 0.3) is 11.3 Å². The van der Waals surface area contributed by atoms with Crippen LogP contribution in [-0.2, 0) is 6.54 Å². The fourth-order valence-electron chi connectivity index (χ4n) is 2.38. The molecule has 0 bridgehead atoms. The lowest BCUT2D eigenvalue weighted by molar-refractivity contribution is 0.691. The van der Waals surface area contributed by atoms with Crippen LogP contribution < -0.4 is 5.69 Å². The van der Waals surface area contributed by atoms with Gasteiger partial charge in [-0.3, -0.25) is 4.57 Å². The summed E-state index contributed by atoms with van der Waals surface area (Å²) in [6.45, 7) is 4.22. The summed E-state index contributed by atoms with van der Waals surface area (Å²) in [5, 5.41) is 2.94. The Kier molecular flexibility index (Phi) is 4.63. The Hall–Kier alpha value is -1.92. The molecule has 0 aliphatic rings. The lowest BCUT2D eigenvalue weighted by Gasteiger charge is -2.07. The molecule has 0 spiro atoms. The molecular weight excluding hydrogens is 326 g/mol. The standard InChI is InChI=1S/C17H17N3OS2/c1-11-8-12(2)20(17(21)18-11)9-16-19-15(10-23-16)13-4-6-14(22-3)7-5-13/h4-8,10H,9H2,1-3H3. The number of aromatic nitrogens is 3. The van der Waals surface area contributed by atoms with E-state index in [2.05, 4.69) is 40.5 Å². The van der Waals surface area contributed by atoms with Crippen molar-refractivity contribution in [2.45, 2.75) is 25.3 Å². The van der Waals surface area contributed by atoms with Crippen molar-refractivity contribution < 1.29 is 0 Å². The molecule has 0 atom stereocenters. The van der Waals surface area contributed by atoms with Gasteiger partial charge in [-0.05, 0) is 38.3 Å². The number of hydrogen-bond acceptors (Lipinski definition) is 5. The average Bonchev–Trinajstić information content (AvgIpc) is 2.99. The zero-order valence-corrected chi connectivity index (χ0v) is 14.9. The minimum atomic E-state index is -0.219. The van der Waals surface area contributed by atoms with Crippen molar-refractivity contribution in [3.05, 3.63) is 62.6 Å². The molecule has 0 aliphatic carbocycles. The minimum absolute atomic E-state index is 0.219. The normalized spacial score (nSPS) is 10.9. The van der Waals surface area contributed by atoms with Crippen molar-refractivity contribution in [1.82, 2.24) is 14.5 Å². The molecule has 0 amide bonds. The Bertz CT molecular complexity index is 882. The average molecular weight is 343 g/mol. The Labute approximate surface area is 143 Å². The molecule has 2 aromatic heterocycles. The van der Waals surface area contributed by atoms with Crippen LogP contribution in [0.3, 0.4) is 0 Å². The monoisotopic (exact) mass is 343 g/mol. The molecule has 6 heteroatoms. The van der Waals surface area contributed by atoms with Crippen molar-refractivity contribution in [3.63, 3.8) is 0 Å². The molecule has 0 saturated carbocycles. The Morgan fingerprint density at radius 3 is 2.57 bits per heavy atom. The lowest BCUT2D eigenvalue weighted by Crippen LogP contribution is -2.26. The van der Waals surface area contributed by atoms with E-state index in [1.54, 1.807) is 27.7 Å². The van der Waals surface area contributed by atoms with Gasteiger partial charge in [0, 0.05) is 27.2 Å². The number of hydrogen-bond donors (Lipinski definition) is 0.